The van der Waals surface area contributed by atoms with Gasteiger partial charge in [-0.3, -0.25) is 4.98 Å². The van der Waals surface area contributed by atoms with E-state index in [0.717, 1.165) is 30.3 Å². The molecule has 3 heteroatoms. The van der Waals surface area contributed by atoms with Crippen LogP contribution in [0.25, 0.3) is 0 Å². The van der Waals surface area contributed by atoms with E-state index in [9.17, 15) is 0 Å². The van der Waals surface area contributed by atoms with Gasteiger partial charge in [0.15, 0.2) is 0 Å². The predicted molar refractivity (Wildman–Crippen MR) is 79.7 cm³/mol. The molecule has 2 atom stereocenters. The van der Waals surface area contributed by atoms with Gasteiger partial charge < -0.3 is 10.1 Å². The molecule has 0 amide bonds. The fourth-order valence-electron chi connectivity index (χ4n) is 2.72. The van der Waals surface area contributed by atoms with Gasteiger partial charge >= 0.3 is 0 Å². The number of aromatic nitrogens is 1. The van der Waals surface area contributed by atoms with Gasteiger partial charge in [0.05, 0.1) is 12.3 Å². The van der Waals surface area contributed by atoms with Crippen molar-refractivity contribution in [2.24, 2.45) is 5.92 Å². The van der Waals surface area contributed by atoms with E-state index in [-0.39, 0.29) is 0 Å². The number of hydrogen-bond donors (Lipinski definition) is 1. The molecule has 2 heterocycles. The average molecular weight is 268 g/mol. The van der Waals surface area contributed by atoms with Crippen LogP contribution in [0.5, 0.6) is 5.75 Å². The third-order valence-electron chi connectivity index (χ3n) is 3.77. The lowest BCUT2D eigenvalue weighted by Gasteiger charge is -2.32. The van der Waals surface area contributed by atoms with E-state index in [1.807, 2.05) is 25.1 Å². The van der Waals surface area contributed by atoms with Crippen molar-refractivity contribution in [2.75, 3.05) is 6.61 Å². The van der Waals surface area contributed by atoms with E-state index in [2.05, 4.69) is 41.5 Å². The van der Waals surface area contributed by atoms with Crippen molar-refractivity contribution in [2.45, 2.75) is 26.4 Å². The van der Waals surface area contributed by atoms with Gasteiger partial charge in [0, 0.05) is 29.8 Å². The highest BCUT2D eigenvalue weighted by Crippen LogP contribution is 2.34. The molecule has 0 bridgehead atoms. The van der Waals surface area contributed by atoms with E-state index in [4.69, 9.17) is 4.74 Å². The van der Waals surface area contributed by atoms with Crippen molar-refractivity contribution in [1.29, 1.82) is 0 Å². The number of nitrogens with one attached hydrogen (secondary N) is 1. The molecule has 2 aromatic rings. The maximum atomic E-state index is 5.78. The van der Waals surface area contributed by atoms with Crippen molar-refractivity contribution < 1.29 is 4.74 Å². The number of para-hydroxylation sites is 1. The van der Waals surface area contributed by atoms with Gasteiger partial charge in [-0.15, -0.1) is 0 Å². The summed E-state index contributed by atoms with van der Waals surface area (Å²) in [5, 5.41) is 3.63. The number of nitrogens with zero attached hydrogens (tertiary/aromatic N) is 1. The Balaban J connectivity index is 1.77. The third-order valence-corrected chi connectivity index (χ3v) is 3.77. The molecule has 1 aromatic heterocycles. The zero-order chi connectivity index (χ0) is 13.9. The smallest absolute Gasteiger partial charge is 0.124 e. The van der Waals surface area contributed by atoms with Crippen LogP contribution in [-0.4, -0.2) is 11.6 Å². The van der Waals surface area contributed by atoms with Gasteiger partial charge in [-0.05, 0) is 25.1 Å². The summed E-state index contributed by atoms with van der Waals surface area (Å²) in [5.41, 5.74) is 3.39. The monoisotopic (exact) mass is 268 g/mol. The van der Waals surface area contributed by atoms with Gasteiger partial charge in [0.2, 0.25) is 0 Å². The fourth-order valence-corrected chi connectivity index (χ4v) is 2.72. The first-order valence-corrected chi connectivity index (χ1v) is 7.11. The van der Waals surface area contributed by atoms with Crippen LogP contribution in [0.15, 0.2) is 42.5 Å². The van der Waals surface area contributed by atoms with Crippen molar-refractivity contribution in [3.05, 3.63) is 59.4 Å². The Bertz CT molecular complexity index is 597. The highest BCUT2D eigenvalue weighted by Gasteiger charge is 2.27. The van der Waals surface area contributed by atoms with Gasteiger partial charge in [-0.1, -0.05) is 31.2 Å². The topological polar surface area (TPSA) is 34.1 Å². The Hall–Kier alpha value is -1.87. The standard InChI is InChI=1S/C17H20N2O/c1-12-11-20-16-9-4-3-8-15(16)17(12)18-10-14-7-5-6-13(2)19-14/h3-9,12,17-18H,10-11H2,1-2H3. The summed E-state index contributed by atoms with van der Waals surface area (Å²) in [6.45, 7) is 5.79. The van der Waals surface area contributed by atoms with Gasteiger partial charge in [0.25, 0.3) is 0 Å². The Labute approximate surface area is 120 Å². The molecule has 0 radical (unpaired) electrons. The first-order valence-electron chi connectivity index (χ1n) is 7.11. The van der Waals surface area contributed by atoms with Crippen LogP contribution in [0.1, 0.15) is 29.9 Å². The second kappa shape index (κ2) is 5.63. The van der Waals surface area contributed by atoms with Crippen LogP contribution in [0.4, 0.5) is 0 Å². The summed E-state index contributed by atoms with van der Waals surface area (Å²) in [6.07, 6.45) is 0. The molecule has 1 aliphatic heterocycles. The Kier molecular flexibility index (Phi) is 3.70. The lowest BCUT2D eigenvalue weighted by Crippen LogP contribution is -2.33. The molecule has 104 valence electrons. The quantitative estimate of drug-likeness (QED) is 0.928. The normalized spacial score (nSPS) is 21.1. The van der Waals surface area contributed by atoms with E-state index >= 15 is 0 Å². The predicted octanol–water partition coefficient (Wildman–Crippen LogP) is 3.25. The van der Waals surface area contributed by atoms with Crippen LogP contribution < -0.4 is 10.1 Å². The molecule has 0 aliphatic carbocycles. The number of rotatable bonds is 3. The maximum absolute atomic E-state index is 5.78. The minimum absolute atomic E-state index is 0.322. The minimum atomic E-state index is 0.322. The molecular formula is C17H20N2O. The highest BCUT2D eigenvalue weighted by atomic mass is 16.5. The summed E-state index contributed by atoms with van der Waals surface area (Å²) >= 11 is 0. The SMILES string of the molecule is Cc1cccc(CNC2c3ccccc3OCC2C)n1. The van der Waals surface area contributed by atoms with E-state index < -0.39 is 0 Å². The van der Waals surface area contributed by atoms with Crippen molar-refractivity contribution in [3.63, 3.8) is 0 Å². The largest absolute Gasteiger partial charge is 0.493 e. The van der Waals surface area contributed by atoms with Crippen LogP contribution in [0.3, 0.4) is 0 Å². The summed E-state index contributed by atoms with van der Waals surface area (Å²) < 4.78 is 5.78. The summed E-state index contributed by atoms with van der Waals surface area (Å²) in [7, 11) is 0. The number of ether oxygens (including phenoxy) is 1. The summed E-state index contributed by atoms with van der Waals surface area (Å²) in [5.74, 6) is 1.45. The van der Waals surface area contributed by atoms with Crippen LogP contribution in [0, 0.1) is 12.8 Å². The highest BCUT2D eigenvalue weighted by molar-refractivity contribution is 5.38. The number of fused-ring (bicyclic) bond motifs is 1. The fraction of sp³-hybridized carbons (Fsp3) is 0.353. The Morgan fingerprint density at radius 1 is 1.20 bits per heavy atom. The molecular weight excluding hydrogens is 248 g/mol. The first-order chi connectivity index (χ1) is 9.74. The number of pyridine rings is 1. The average Bonchev–Trinajstić information content (AvgIpc) is 2.46. The molecule has 0 spiro atoms. The molecule has 0 fully saturated rings. The van der Waals surface area contributed by atoms with Gasteiger partial charge in [-0.25, -0.2) is 0 Å². The zero-order valence-corrected chi connectivity index (χ0v) is 12.0. The van der Waals surface area contributed by atoms with Crippen LogP contribution in [0.2, 0.25) is 0 Å². The summed E-state index contributed by atoms with van der Waals surface area (Å²) in [4.78, 5) is 4.54. The number of aryl methyl sites for hydroxylation is 1. The first kappa shape index (κ1) is 13.1. The Morgan fingerprint density at radius 2 is 2.05 bits per heavy atom. The second-order valence-electron chi connectivity index (χ2n) is 5.45. The zero-order valence-electron chi connectivity index (χ0n) is 12.0. The Morgan fingerprint density at radius 3 is 2.90 bits per heavy atom. The van der Waals surface area contributed by atoms with Gasteiger partial charge in [0.1, 0.15) is 5.75 Å². The van der Waals surface area contributed by atoms with Crippen LogP contribution in [-0.2, 0) is 6.54 Å². The number of benzene rings is 1. The van der Waals surface area contributed by atoms with Crippen molar-refractivity contribution in [1.82, 2.24) is 10.3 Å². The lowest BCUT2D eigenvalue weighted by molar-refractivity contribution is 0.187. The van der Waals surface area contributed by atoms with E-state index in [0.29, 0.717) is 12.0 Å². The molecule has 1 N–H and O–H groups in total. The van der Waals surface area contributed by atoms with E-state index in [1.54, 1.807) is 0 Å². The summed E-state index contributed by atoms with van der Waals surface area (Å²) in [6, 6.07) is 14.7. The maximum Gasteiger partial charge on any atom is 0.124 e. The lowest BCUT2D eigenvalue weighted by atomic mass is 9.92. The van der Waals surface area contributed by atoms with Gasteiger partial charge in [-0.2, -0.15) is 0 Å². The van der Waals surface area contributed by atoms with Crippen molar-refractivity contribution in [3.8, 4) is 5.75 Å². The third kappa shape index (κ3) is 2.68. The van der Waals surface area contributed by atoms with Crippen molar-refractivity contribution >= 4 is 0 Å². The molecule has 3 nitrogen and oxygen atoms in total. The molecule has 3 rings (SSSR count). The molecule has 1 aliphatic rings. The molecule has 1 aromatic carbocycles. The molecule has 2 unspecified atom stereocenters. The molecule has 20 heavy (non-hydrogen) atoms. The molecule has 0 saturated carbocycles. The second-order valence-corrected chi connectivity index (χ2v) is 5.45. The molecule has 0 saturated heterocycles. The number of hydrogen-bond acceptors (Lipinski definition) is 3. The van der Waals surface area contributed by atoms with E-state index in [1.165, 1.54) is 5.56 Å². The van der Waals surface area contributed by atoms with Crippen LogP contribution >= 0.6 is 0 Å². The minimum Gasteiger partial charge on any atom is -0.493 e.